The Balaban J connectivity index is 0.00000144. The number of halogens is 1. The van der Waals surface area contributed by atoms with E-state index in [1.54, 1.807) is 12.1 Å². The highest BCUT2D eigenvalue weighted by Gasteiger charge is 2.36. The minimum atomic E-state index is -3.30. The molecule has 1 aromatic rings. The third-order valence-corrected chi connectivity index (χ3v) is 4.48. The summed E-state index contributed by atoms with van der Waals surface area (Å²) >= 11 is 0. The van der Waals surface area contributed by atoms with Gasteiger partial charge in [-0.05, 0) is 38.2 Å². The van der Waals surface area contributed by atoms with Crippen LogP contribution in [0.3, 0.4) is 0 Å². The number of nitrogens with one attached hydrogen (secondary N) is 2. The molecule has 4 nitrogen and oxygen atoms in total. The smallest absolute Gasteiger partial charge is 0.240 e. The predicted octanol–water partition coefficient (Wildman–Crippen LogP) is 1.09. The van der Waals surface area contributed by atoms with Gasteiger partial charge in [0, 0.05) is 12.0 Å². The van der Waals surface area contributed by atoms with Gasteiger partial charge in [0.1, 0.15) is 0 Å². The lowest BCUT2D eigenvalue weighted by atomic mass is 10.1. The fraction of sp³-hybridized carbons (Fsp3) is 0.455. The van der Waals surface area contributed by atoms with E-state index < -0.39 is 10.0 Å². The topological polar surface area (TPSA) is 58.2 Å². The van der Waals surface area contributed by atoms with Crippen molar-refractivity contribution < 1.29 is 8.42 Å². The van der Waals surface area contributed by atoms with Crippen molar-refractivity contribution in [3.63, 3.8) is 0 Å². The van der Waals surface area contributed by atoms with Gasteiger partial charge in [-0.15, -0.1) is 12.4 Å². The Hall–Kier alpha value is -0.620. The molecule has 2 atom stereocenters. The Morgan fingerprint density at radius 3 is 2.18 bits per heavy atom. The molecule has 17 heavy (non-hydrogen) atoms. The monoisotopic (exact) mass is 276 g/mol. The molecule has 96 valence electrons. The van der Waals surface area contributed by atoms with E-state index in [1.165, 1.54) is 12.6 Å². The third-order valence-electron chi connectivity index (χ3n) is 3.05. The molecule has 0 aliphatic heterocycles. The number of hydrogen-bond acceptors (Lipinski definition) is 3. The van der Waals surface area contributed by atoms with Crippen molar-refractivity contribution in [2.24, 2.45) is 0 Å². The van der Waals surface area contributed by atoms with Crippen LogP contribution in [0.15, 0.2) is 29.2 Å². The SMILES string of the molecule is CN[C@@H]1C[C@H]1c1ccc(S(=O)(=O)NC)cc1.Cl. The minimum absolute atomic E-state index is 0. The van der Waals surface area contributed by atoms with Crippen LogP contribution in [0.25, 0.3) is 0 Å². The number of likely N-dealkylation sites (N-methyl/N-ethyl adjacent to an activating group) is 1. The van der Waals surface area contributed by atoms with Gasteiger partial charge in [-0.2, -0.15) is 0 Å². The first-order valence-electron chi connectivity index (χ1n) is 5.29. The van der Waals surface area contributed by atoms with Gasteiger partial charge in [0.25, 0.3) is 0 Å². The zero-order valence-electron chi connectivity index (χ0n) is 9.80. The van der Waals surface area contributed by atoms with Crippen LogP contribution in [0.2, 0.25) is 0 Å². The highest BCUT2D eigenvalue weighted by atomic mass is 35.5. The maximum absolute atomic E-state index is 11.5. The summed E-state index contributed by atoms with van der Waals surface area (Å²) in [7, 11) is 0.0618. The van der Waals surface area contributed by atoms with E-state index >= 15 is 0 Å². The highest BCUT2D eigenvalue weighted by Crippen LogP contribution is 2.40. The first kappa shape index (κ1) is 14.4. The van der Waals surface area contributed by atoms with Crippen LogP contribution in [0, 0.1) is 0 Å². The Bertz CT molecular complexity index is 473. The van der Waals surface area contributed by atoms with Crippen molar-refractivity contribution in [2.45, 2.75) is 23.3 Å². The van der Waals surface area contributed by atoms with E-state index in [0.717, 1.165) is 6.42 Å². The maximum atomic E-state index is 11.5. The van der Waals surface area contributed by atoms with E-state index in [9.17, 15) is 8.42 Å². The van der Waals surface area contributed by atoms with Crippen molar-refractivity contribution in [1.29, 1.82) is 0 Å². The van der Waals surface area contributed by atoms with Crippen molar-refractivity contribution in [3.8, 4) is 0 Å². The Labute approximate surface area is 108 Å². The Kier molecular flexibility index (Phi) is 4.55. The van der Waals surface area contributed by atoms with Crippen LogP contribution in [-0.2, 0) is 10.0 Å². The van der Waals surface area contributed by atoms with Gasteiger partial charge < -0.3 is 5.32 Å². The fourth-order valence-electron chi connectivity index (χ4n) is 1.89. The molecule has 1 fully saturated rings. The van der Waals surface area contributed by atoms with E-state index in [1.807, 2.05) is 19.2 Å². The molecule has 0 unspecified atom stereocenters. The molecule has 0 heterocycles. The lowest BCUT2D eigenvalue weighted by molar-refractivity contribution is 0.588. The summed E-state index contributed by atoms with van der Waals surface area (Å²) in [5, 5.41) is 3.21. The van der Waals surface area contributed by atoms with Crippen molar-refractivity contribution in [3.05, 3.63) is 29.8 Å². The van der Waals surface area contributed by atoms with Crippen LogP contribution in [0.4, 0.5) is 0 Å². The number of hydrogen-bond donors (Lipinski definition) is 2. The molecule has 0 saturated heterocycles. The lowest BCUT2D eigenvalue weighted by Crippen LogP contribution is -2.18. The molecule has 6 heteroatoms. The number of rotatable bonds is 4. The van der Waals surface area contributed by atoms with Crippen molar-refractivity contribution in [2.75, 3.05) is 14.1 Å². The van der Waals surface area contributed by atoms with Crippen molar-refractivity contribution in [1.82, 2.24) is 10.0 Å². The van der Waals surface area contributed by atoms with Crippen molar-refractivity contribution >= 4 is 22.4 Å². The second-order valence-electron chi connectivity index (χ2n) is 4.01. The van der Waals surface area contributed by atoms with Gasteiger partial charge in [0.05, 0.1) is 4.90 Å². The van der Waals surface area contributed by atoms with Gasteiger partial charge in [0.15, 0.2) is 0 Å². The fourth-order valence-corrected chi connectivity index (χ4v) is 2.62. The van der Waals surface area contributed by atoms with E-state index in [4.69, 9.17) is 0 Å². The molecule has 0 radical (unpaired) electrons. The summed E-state index contributed by atoms with van der Waals surface area (Å²) in [6.07, 6.45) is 1.13. The molecule has 2 rings (SSSR count). The Morgan fingerprint density at radius 2 is 1.76 bits per heavy atom. The van der Waals surface area contributed by atoms with Gasteiger partial charge in [-0.1, -0.05) is 12.1 Å². The summed E-state index contributed by atoms with van der Waals surface area (Å²) < 4.78 is 25.3. The summed E-state index contributed by atoms with van der Waals surface area (Å²) in [6.45, 7) is 0. The molecule has 0 bridgehead atoms. The largest absolute Gasteiger partial charge is 0.316 e. The molecule has 0 amide bonds. The summed E-state index contributed by atoms with van der Waals surface area (Å²) in [6, 6.07) is 7.66. The third kappa shape index (κ3) is 2.98. The quantitative estimate of drug-likeness (QED) is 0.866. The van der Waals surface area contributed by atoms with E-state index in [0.29, 0.717) is 16.9 Å². The lowest BCUT2D eigenvalue weighted by Gasteiger charge is -2.04. The van der Waals surface area contributed by atoms with Gasteiger partial charge in [0.2, 0.25) is 10.0 Å². The summed E-state index contributed by atoms with van der Waals surface area (Å²) in [5.41, 5.74) is 1.20. The van der Waals surface area contributed by atoms with Gasteiger partial charge >= 0.3 is 0 Å². The highest BCUT2D eigenvalue weighted by molar-refractivity contribution is 7.89. The molecule has 2 N–H and O–H groups in total. The van der Waals surface area contributed by atoms with Crippen LogP contribution >= 0.6 is 12.4 Å². The van der Waals surface area contributed by atoms with E-state index in [2.05, 4.69) is 10.0 Å². The van der Waals surface area contributed by atoms with E-state index in [-0.39, 0.29) is 12.4 Å². The summed E-state index contributed by atoms with van der Waals surface area (Å²) in [5.74, 6) is 0.538. The molecule has 1 aromatic carbocycles. The molecule has 1 aliphatic rings. The first-order valence-corrected chi connectivity index (χ1v) is 6.77. The second-order valence-corrected chi connectivity index (χ2v) is 5.90. The van der Waals surface area contributed by atoms with Gasteiger partial charge in [-0.25, -0.2) is 13.1 Å². The molecule has 0 aromatic heterocycles. The predicted molar refractivity (Wildman–Crippen MR) is 70.1 cm³/mol. The standard InChI is InChI=1S/C11H16N2O2S.ClH/c1-12-11-7-10(11)8-3-5-9(6-4-8)16(14,15)13-2;/h3-6,10-13H,7H2,1-2H3;1H/t10-,11+;/m0./s1. The number of benzene rings is 1. The average Bonchev–Trinajstić information content (AvgIpc) is 3.08. The zero-order chi connectivity index (χ0) is 11.8. The Morgan fingerprint density at radius 1 is 1.18 bits per heavy atom. The number of sulfonamides is 1. The van der Waals surface area contributed by atoms with Crippen LogP contribution in [0.1, 0.15) is 17.9 Å². The average molecular weight is 277 g/mol. The maximum Gasteiger partial charge on any atom is 0.240 e. The van der Waals surface area contributed by atoms with Gasteiger partial charge in [-0.3, -0.25) is 0 Å². The molecule has 0 spiro atoms. The van der Waals surface area contributed by atoms with Crippen LogP contribution < -0.4 is 10.0 Å². The second kappa shape index (κ2) is 5.35. The van der Waals surface area contributed by atoms with Crippen LogP contribution in [0.5, 0.6) is 0 Å². The zero-order valence-corrected chi connectivity index (χ0v) is 11.4. The minimum Gasteiger partial charge on any atom is -0.316 e. The molecule has 1 aliphatic carbocycles. The molecular formula is C11H17ClN2O2S. The molecule has 1 saturated carbocycles. The summed E-state index contributed by atoms with van der Waals surface area (Å²) in [4.78, 5) is 0.320. The first-order chi connectivity index (χ1) is 7.58. The normalized spacial score (nSPS) is 22.9. The van der Waals surface area contributed by atoms with Crippen LogP contribution in [-0.4, -0.2) is 28.6 Å². The molecular weight excluding hydrogens is 260 g/mol.